The van der Waals surface area contributed by atoms with Gasteiger partial charge in [-0.1, -0.05) is 29.8 Å². The van der Waals surface area contributed by atoms with Gasteiger partial charge in [-0.25, -0.2) is 0 Å². The summed E-state index contributed by atoms with van der Waals surface area (Å²) in [6, 6.07) is 14.9. The Kier molecular flexibility index (Phi) is 4.90. The second kappa shape index (κ2) is 7.09. The predicted octanol–water partition coefficient (Wildman–Crippen LogP) is 2.88. The average molecular weight is 340 g/mol. The molecule has 0 spiro atoms. The van der Waals surface area contributed by atoms with Crippen LogP contribution in [0.4, 0.5) is 0 Å². The summed E-state index contributed by atoms with van der Waals surface area (Å²) in [7, 11) is 0. The fraction of sp³-hybridized carbons (Fsp3) is 0.263. The van der Waals surface area contributed by atoms with E-state index in [1.165, 1.54) is 0 Å². The Morgan fingerprint density at radius 2 is 1.38 bits per heavy atom. The van der Waals surface area contributed by atoms with Crippen molar-refractivity contribution >= 4 is 24.4 Å². The van der Waals surface area contributed by atoms with Crippen molar-refractivity contribution in [2.24, 2.45) is 0 Å². The SMILES string of the molecule is Cc1ccc(C(=O)N2CCN(C(=O)c3ccccc3S)CC2)cc1. The van der Waals surface area contributed by atoms with Crippen molar-refractivity contribution in [1.82, 2.24) is 9.80 Å². The maximum atomic E-state index is 12.6. The molecule has 0 radical (unpaired) electrons. The fourth-order valence-corrected chi connectivity index (χ4v) is 3.07. The standard InChI is InChI=1S/C19H20N2O2S/c1-14-6-8-15(9-7-14)18(22)20-10-12-21(13-11-20)19(23)16-4-2-3-5-17(16)24/h2-9,24H,10-13H2,1H3. The molecule has 0 atom stereocenters. The van der Waals surface area contributed by atoms with Crippen LogP contribution in [0.25, 0.3) is 0 Å². The normalized spacial score (nSPS) is 14.6. The molecule has 3 rings (SSSR count). The maximum absolute atomic E-state index is 12.6. The Bertz CT molecular complexity index is 750. The maximum Gasteiger partial charge on any atom is 0.255 e. The van der Waals surface area contributed by atoms with Gasteiger partial charge in [0, 0.05) is 36.6 Å². The smallest absolute Gasteiger partial charge is 0.255 e. The van der Waals surface area contributed by atoms with E-state index in [9.17, 15) is 9.59 Å². The Morgan fingerprint density at radius 3 is 1.96 bits per heavy atom. The van der Waals surface area contributed by atoms with Crippen LogP contribution in [0.3, 0.4) is 0 Å². The van der Waals surface area contributed by atoms with Gasteiger partial charge in [-0.3, -0.25) is 9.59 Å². The summed E-state index contributed by atoms with van der Waals surface area (Å²) >= 11 is 4.35. The van der Waals surface area contributed by atoms with Gasteiger partial charge in [0.05, 0.1) is 5.56 Å². The van der Waals surface area contributed by atoms with Gasteiger partial charge in [0.1, 0.15) is 0 Å². The zero-order valence-electron chi connectivity index (χ0n) is 13.6. The molecule has 24 heavy (non-hydrogen) atoms. The number of amides is 2. The number of carbonyl (C=O) groups excluding carboxylic acids is 2. The van der Waals surface area contributed by atoms with Crippen LogP contribution in [0.15, 0.2) is 53.4 Å². The second-order valence-corrected chi connectivity index (χ2v) is 6.45. The minimum atomic E-state index is -0.0250. The van der Waals surface area contributed by atoms with Gasteiger partial charge in [0.25, 0.3) is 11.8 Å². The van der Waals surface area contributed by atoms with Crippen LogP contribution in [0.2, 0.25) is 0 Å². The van der Waals surface area contributed by atoms with Crippen LogP contribution in [0.1, 0.15) is 26.3 Å². The van der Waals surface area contributed by atoms with E-state index >= 15 is 0 Å². The number of aryl methyl sites for hydroxylation is 1. The summed E-state index contributed by atoms with van der Waals surface area (Å²) in [6.07, 6.45) is 0. The molecule has 0 bridgehead atoms. The molecular weight excluding hydrogens is 320 g/mol. The van der Waals surface area contributed by atoms with E-state index < -0.39 is 0 Å². The predicted molar refractivity (Wildman–Crippen MR) is 96.7 cm³/mol. The molecule has 0 aliphatic carbocycles. The van der Waals surface area contributed by atoms with Crippen molar-refractivity contribution in [2.75, 3.05) is 26.2 Å². The molecule has 2 aromatic rings. The largest absolute Gasteiger partial charge is 0.335 e. The van der Waals surface area contributed by atoms with Gasteiger partial charge < -0.3 is 9.80 Å². The summed E-state index contributed by atoms with van der Waals surface area (Å²) in [5, 5.41) is 0. The van der Waals surface area contributed by atoms with Crippen molar-refractivity contribution in [3.05, 3.63) is 65.2 Å². The molecule has 2 amide bonds. The third-order valence-corrected chi connectivity index (χ3v) is 4.68. The minimum Gasteiger partial charge on any atom is -0.335 e. The number of carbonyl (C=O) groups is 2. The summed E-state index contributed by atoms with van der Waals surface area (Å²) < 4.78 is 0. The van der Waals surface area contributed by atoms with E-state index in [0.717, 1.165) is 5.56 Å². The first-order chi connectivity index (χ1) is 11.6. The lowest BCUT2D eigenvalue weighted by Gasteiger charge is -2.35. The van der Waals surface area contributed by atoms with Crippen molar-refractivity contribution in [1.29, 1.82) is 0 Å². The molecule has 1 heterocycles. The molecule has 0 N–H and O–H groups in total. The first-order valence-corrected chi connectivity index (χ1v) is 8.44. The number of thiol groups is 1. The zero-order valence-corrected chi connectivity index (χ0v) is 14.5. The third-order valence-electron chi connectivity index (χ3n) is 4.29. The summed E-state index contributed by atoms with van der Waals surface area (Å²) in [6.45, 7) is 4.18. The minimum absolute atomic E-state index is 0.0247. The molecule has 0 unspecified atom stereocenters. The van der Waals surface area contributed by atoms with Crippen LogP contribution in [0.5, 0.6) is 0 Å². The molecule has 124 valence electrons. The van der Waals surface area contributed by atoms with Crippen LogP contribution < -0.4 is 0 Å². The molecule has 2 aromatic carbocycles. The van der Waals surface area contributed by atoms with Crippen LogP contribution in [-0.4, -0.2) is 47.8 Å². The molecule has 1 aliphatic rings. The number of rotatable bonds is 2. The Labute approximate surface area is 147 Å². The highest BCUT2D eigenvalue weighted by Crippen LogP contribution is 2.17. The highest BCUT2D eigenvalue weighted by Gasteiger charge is 2.26. The van der Waals surface area contributed by atoms with E-state index in [0.29, 0.717) is 42.2 Å². The van der Waals surface area contributed by atoms with E-state index in [1.807, 2.05) is 49.4 Å². The summed E-state index contributed by atoms with van der Waals surface area (Å²) in [5.74, 6) is -0.000251. The van der Waals surface area contributed by atoms with Crippen molar-refractivity contribution in [2.45, 2.75) is 11.8 Å². The first kappa shape index (κ1) is 16.6. The number of piperazine rings is 1. The van der Waals surface area contributed by atoms with Crippen LogP contribution in [0, 0.1) is 6.92 Å². The van der Waals surface area contributed by atoms with Gasteiger partial charge >= 0.3 is 0 Å². The van der Waals surface area contributed by atoms with E-state index in [4.69, 9.17) is 0 Å². The molecule has 1 fully saturated rings. The summed E-state index contributed by atoms with van der Waals surface area (Å²) in [5.41, 5.74) is 2.44. The number of hydrogen-bond donors (Lipinski definition) is 1. The molecule has 1 saturated heterocycles. The lowest BCUT2D eigenvalue weighted by molar-refractivity contribution is 0.0533. The van der Waals surface area contributed by atoms with E-state index in [2.05, 4.69) is 12.6 Å². The summed E-state index contributed by atoms with van der Waals surface area (Å²) in [4.78, 5) is 29.4. The molecule has 0 saturated carbocycles. The Balaban J connectivity index is 1.63. The van der Waals surface area contributed by atoms with Crippen molar-refractivity contribution in [3.63, 3.8) is 0 Å². The van der Waals surface area contributed by atoms with Crippen LogP contribution in [-0.2, 0) is 0 Å². The highest BCUT2D eigenvalue weighted by molar-refractivity contribution is 7.80. The lowest BCUT2D eigenvalue weighted by Crippen LogP contribution is -2.50. The van der Waals surface area contributed by atoms with Gasteiger partial charge in [0.2, 0.25) is 0 Å². The average Bonchev–Trinajstić information content (AvgIpc) is 2.62. The second-order valence-electron chi connectivity index (χ2n) is 5.97. The molecule has 5 heteroatoms. The third kappa shape index (κ3) is 3.46. The van der Waals surface area contributed by atoms with Gasteiger partial charge in [0.15, 0.2) is 0 Å². The topological polar surface area (TPSA) is 40.6 Å². The van der Waals surface area contributed by atoms with E-state index in [-0.39, 0.29) is 11.8 Å². The van der Waals surface area contributed by atoms with Gasteiger partial charge in [-0.05, 0) is 31.2 Å². The number of hydrogen-bond acceptors (Lipinski definition) is 3. The molecule has 4 nitrogen and oxygen atoms in total. The van der Waals surface area contributed by atoms with Crippen molar-refractivity contribution in [3.8, 4) is 0 Å². The molecule has 1 aliphatic heterocycles. The highest BCUT2D eigenvalue weighted by atomic mass is 32.1. The quantitative estimate of drug-likeness (QED) is 0.854. The number of nitrogens with zero attached hydrogens (tertiary/aromatic N) is 2. The fourth-order valence-electron chi connectivity index (χ4n) is 2.82. The van der Waals surface area contributed by atoms with E-state index in [1.54, 1.807) is 15.9 Å². The zero-order chi connectivity index (χ0) is 17.1. The van der Waals surface area contributed by atoms with Crippen molar-refractivity contribution < 1.29 is 9.59 Å². The monoisotopic (exact) mass is 340 g/mol. The molecule has 0 aromatic heterocycles. The number of benzene rings is 2. The van der Waals surface area contributed by atoms with Gasteiger partial charge in [-0.15, -0.1) is 12.6 Å². The lowest BCUT2D eigenvalue weighted by atomic mass is 10.1. The Morgan fingerprint density at radius 1 is 0.833 bits per heavy atom. The molecular formula is C19H20N2O2S. The Hall–Kier alpha value is -2.27. The van der Waals surface area contributed by atoms with Gasteiger partial charge in [-0.2, -0.15) is 0 Å². The van der Waals surface area contributed by atoms with Crippen LogP contribution >= 0.6 is 12.6 Å². The first-order valence-electron chi connectivity index (χ1n) is 7.99.